The van der Waals surface area contributed by atoms with Crippen molar-refractivity contribution in [2.45, 2.75) is 102 Å². The number of rotatable bonds is 16. The van der Waals surface area contributed by atoms with E-state index in [1.165, 1.54) is 0 Å². The lowest BCUT2D eigenvalue weighted by atomic mass is 9.91. The summed E-state index contributed by atoms with van der Waals surface area (Å²) in [6, 6.07) is 13.5. The maximum atomic E-state index is 13.4. The first-order chi connectivity index (χ1) is 32.3. The summed E-state index contributed by atoms with van der Waals surface area (Å²) >= 11 is 0. The molecule has 0 radical (unpaired) electrons. The monoisotopic (exact) mass is 896 g/mol. The maximum Gasteiger partial charge on any atom is 0.255 e. The largest absolute Gasteiger partial charge is 0.357 e. The molecule has 8 rings (SSSR count). The Labute approximate surface area is 389 Å². The Morgan fingerprint density at radius 1 is 0.848 bits per heavy atom. The molecule has 2 N–H and O–H groups in total. The third kappa shape index (κ3) is 12.5. The van der Waals surface area contributed by atoms with Gasteiger partial charge in [0.15, 0.2) is 0 Å². The van der Waals surface area contributed by atoms with Crippen molar-refractivity contribution in [1.82, 2.24) is 40.2 Å². The first-order valence-corrected chi connectivity index (χ1v) is 24.4. The minimum Gasteiger partial charge on any atom is -0.357 e. The highest BCUT2D eigenvalue weighted by Crippen LogP contribution is 2.29. The quantitative estimate of drug-likeness (QED) is 0.0841. The van der Waals surface area contributed by atoms with Crippen molar-refractivity contribution in [3.63, 3.8) is 0 Å². The fourth-order valence-electron chi connectivity index (χ4n) is 10.1. The third-order valence-corrected chi connectivity index (χ3v) is 14.1. The molecular formula is C52H65N9O5. The first kappa shape index (κ1) is 46.6. The molecular weight excluding hydrogens is 831 g/mol. The summed E-state index contributed by atoms with van der Waals surface area (Å²) in [4.78, 5) is 82.5. The molecule has 1 atom stereocenters. The van der Waals surface area contributed by atoms with E-state index in [9.17, 15) is 24.0 Å². The van der Waals surface area contributed by atoms with Crippen LogP contribution in [-0.4, -0.2) is 137 Å². The van der Waals surface area contributed by atoms with Gasteiger partial charge in [-0.05, 0) is 111 Å². The van der Waals surface area contributed by atoms with Gasteiger partial charge in [0.05, 0.1) is 5.56 Å². The molecule has 4 fully saturated rings. The van der Waals surface area contributed by atoms with E-state index < -0.39 is 11.9 Å². The van der Waals surface area contributed by atoms with Crippen LogP contribution in [0.2, 0.25) is 0 Å². The lowest BCUT2D eigenvalue weighted by molar-refractivity contribution is -0.137. The molecule has 0 bridgehead atoms. The molecule has 348 valence electrons. The number of hydrogen-bond acceptors (Lipinski definition) is 10. The molecule has 14 heteroatoms. The molecule has 5 aliphatic heterocycles. The summed E-state index contributed by atoms with van der Waals surface area (Å²) < 4.78 is 0. The average Bonchev–Trinajstić information content (AvgIpc) is 3.68. The number of fused-ring (bicyclic) bond motifs is 1. The van der Waals surface area contributed by atoms with Crippen molar-refractivity contribution in [3.8, 4) is 11.8 Å². The lowest BCUT2D eigenvalue weighted by Crippen LogP contribution is -2.53. The highest BCUT2D eigenvalue weighted by molar-refractivity contribution is 6.05. The Morgan fingerprint density at radius 3 is 2.44 bits per heavy atom. The number of nitrogens with zero attached hydrogens (tertiary/aromatic N) is 7. The van der Waals surface area contributed by atoms with Gasteiger partial charge in [0.25, 0.3) is 11.8 Å². The Hall–Kier alpha value is -5.91. The SMILES string of the molecule is O=C(/C=C/c1cccnc1)NCCCCC1CCN(C(=O)c2ccc(N3CCC(N4CCN(CCCCCC#Cc5ccc6c(c5)C(=O)N(C5CCC(=O)NC5=O)C6)CC4)CC3)nc2)CC1. The number of likely N-dealkylation sites (tertiary alicyclic amines) is 1. The number of benzene rings is 1. The number of hydrogen-bond donors (Lipinski definition) is 2. The smallest absolute Gasteiger partial charge is 0.255 e. The van der Waals surface area contributed by atoms with Gasteiger partial charge in [0.2, 0.25) is 17.7 Å². The van der Waals surface area contributed by atoms with Crippen LogP contribution < -0.4 is 15.5 Å². The maximum absolute atomic E-state index is 13.4. The number of anilines is 1. The zero-order valence-electron chi connectivity index (χ0n) is 38.3. The summed E-state index contributed by atoms with van der Waals surface area (Å²) in [6.45, 7) is 10.1. The number of aromatic nitrogens is 2. The molecule has 0 aliphatic carbocycles. The Balaban J connectivity index is 0.655. The van der Waals surface area contributed by atoms with E-state index in [2.05, 4.69) is 42.2 Å². The van der Waals surface area contributed by atoms with Crippen LogP contribution in [0.5, 0.6) is 0 Å². The number of carbonyl (C=O) groups is 5. The number of imide groups is 1. The number of unbranched alkanes of at least 4 members (excludes halogenated alkanes) is 4. The minimum absolute atomic E-state index is 0.0773. The van der Waals surface area contributed by atoms with E-state index in [0.717, 1.165) is 152 Å². The van der Waals surface area contributed by atoms with Gasteiger partial charge in [-0.15, -0.1) is 0 Å². The van der Waals surface area contributed by atoms with Crippen molar-refractivity contribution in [2.24, 2.45) is 5.92 Å². The molecule has 5 aliphatic rings. The van der Waals surface area contributed by atoms with E-state index in [1.807, 2.05) is 47.4 Å². The standard InChI is InChI=1S/C52H65N9O5/c62-48(18-13-41-11-8-24-53-36-41)54-25-6-5-9-39-20-27-60(28-21-39)51(65)42-15-17-47(55-37-42)59-29-22-44(23-30-59)58-33-31-57(32-34-58)26-7-3-1-2-4-10-40-12-14-43-38-61(52(66)45(43)35-40)46-16-19-49(63)56-50(46)64/h8,11-15,17-18,24,35-37,39,44,46H,1-3,5-7,9,16,19-23,25-34,38H2,(H,54,62)(H,56,63,64)/b18-13+. The van der Waals surface area contributed by atoms with Crippen molar-refractivity contribution in [3.05, 3.63) is 94.9 Å². The fourth-order valence-corrected chi connectivity index (χ4v) is 10.1. The van der Waals surface area contributed by atoms with E-state index in [0.29, 0.717) is 42.6 Å². The molecule has 14 nitrogen and oxygen atoms in total. The first-order valence-electron chi connectivity index (χ1n) is 24.4. The van der Waals surface area contributed by atoms with Gasteiger partial charge < -0.3 is 24.9 Å². The molecule has 66 heavy (non-hydrogen) atoms. The van der Waals surface area contributed by atoms with E-state index in [-0.39, 0.29) is 30.0 Å². The minimum atomic E-state index is -0.605. The fraction of sp³-hybridized carbons (Fsp3) is 0.519. The number of nitrogens with one attached hydrogen (secondary N) is 2. The Morgan fingerprint density at radius 2 is 1.68 bits per heavy atom. The highest BCUT2D eigenvalue weighted by atomic mass is 16.2. The molecule has 1 aromatic carbocycles. The Bertz CT molecular complexity index is 2250. The highest BCUT2D eigenvalue weighted by Gasteiger charge is 2.39. The molecule has 5 amide bonds. The van der Waals surface area contributed by atoms with E-state index >= 15 is 0 Å². The number of carbonyl (C=O) groups excluding carboxylic acids is 5. The summed E-state index contributed by atoms with van der Waals surface area (Å²) in [5.41, 5.74) is 3.88. The van der Waals surface area contributed by atoms with Crippen LogP contribution in [0, 0.1) is 17.8 Å². The van der Waals surface area contributed by atoms with Crippen LogP contribution in [-0.2, 0) is 20.9 Å². The predicted molar refractivity (Wildman–Crippen MR) is 254 cm³/mol. The van der Waals surface area contributed by atoms with Gasteiger partial charge in [-0.25, -0.2) is 4.98 Å². The van der Waals surface area contributed by atoms with Crippen molar-refractivity contribution >= 4 is 41.4 Å². The number of pyridine rings is 2. The number of amides is 5. The van der Waals surface area contributed by atoms with Gasteiger partial charge in [0.1, 0.15) is 11.9 Å². The predicted octanol–water partition coefficient (Wildman–Crippen LogP) is 5.29. The van der Waals surface area contributed by atoms with Gasteiger partial charge in [-0.1, -0.05) is 43.2 Å². The summed E-state index contributed by atoms with van der Waals surface area (Å²) in [5.74, 6) is 7.25. The molecule has 2 aromatic heterocycles. The lowest BCUT2D eigenvalue weighted by Gasteiger charge is -2.43. The second-order valence-corrected chi connectivity index (χ2v) is 18.5. The summed E-state index contributed by atoms with van der Waals surface area (Å²) in [6.07, 6.45) is 20.7. The molecule has 7 heterocycles. The zero-order valence-corrected chi connectivity index (χ0v) is 38.3. The van der Waals surface area contributed by atoms with Crippen LogP contribution in [0.4, 0.5) is 5.82 Å². The van der Waals surface area contributed by atoms with Crippen LogP contribution in [0.15, 0.2) is 67.1 Å². The molecule has 1 unspecified atom stereocenters. The van der Waals surface area contributed by atoms with E-state index in [1.54, 1.807) is 35.6 Å². The second kappa shape index (κ2) is 23.0. The number of piperazine rings is 1. The molecule has 4 saturated heterocycles. The number of piperidine rings is 3. The van der Waals surface area contributed by atoms with Gasteiger partial charge in [-0.3, -0.25) is 39.2 Å². The topological polar surface area (TPSA) is 151 Å². The van der Waals surface area contributed by atoms with Crippen LogP contribution in [0.3, 0.4) is 0 Å². The van der Waals surface area contributed by atoms with Crippen molar-refractivity contribution in [1.29, 1.82) is 0 Å². The van der Waals surface area contributed by atoms with Crippen LogP contribution in [0.25, 0.3) is 6.08 Å². The van der Waals surface area contributed by atoms with E-state index in [4.69, 9.17) is 4.98 Å². The summed E-state index contributed by atoms with van der Waals surface area (Å²) in [5, 5.41) is 5.32. The van der Waals surface area contributed by atoms with Gasteiger partial charge in [-0.2, -0.15) is 0 Å². The second-order valence-electron chi connectivity index (χ2n) is 18.5. The van der Waals surface area contributed by atoms with Gasteiger partial charge in [0, 0.05) is 120 Å². The van der Waals surface area contributed by atoms with Crippen LogP contribution in [0.1, 0.15) is 121 Å². The molecule has 3 aromatic rings. The van der Waals surface area contributed by atoms with Gasteiger partial charge >= 0.3 is 0 Å². The normalized spacial score (nSPS) is 20.0. The molecule has 0 spiro atoms. The van der Waals surface area contributed by atoms with Crippen molar-refractivity contribution in [2.75, 3.05) is 70.3 Å². The zero-order chi connectivity index (χ0) is 45.7. The third-order valence-electron chi connectivity index (χ3n) is 14.1. The summed E-state index contributed by atoms with van der Waals surface area (Å²) in [7, 11) is 0. The van der Waals surface area contributed by atoms with Crippen LogP contribution >= 0.6 is 0 Å². The Kier molecular flexibility index (Phi) is 16.3. The van der Waals surface area contributed by atoms with Crippen molar-refractivity contribution < 1.29 is 24.0 Å². The molecule has 0 saturated carbocycles. The average molecular weight is 896 g/mol.